The SMILES string of the molecule is c1ccc(-c2nc(-c3ccccc3)nc(-c3cc(-c4cccc5c4c4ccccc4n5-c4ccccc4)ccc3-n3c4ccccc4c4cc(-n5c6ccccc6c6ccccc65)ccc43)n2)cc1. The van der Waals surface area contributed by atoms with Crippen LogP contribution in [0, 0.1) is 0 Å². The van der Waals surface area contributed by atoms with E-state index in [4.69, 9.17) is 15.0 Å². The number of hydrogen-bond donors (Lipinski definition) is 0. The molecule has 4 aromatic heterocycles. The molecule has 0 saturated carbocycles. The number of rotatable bonds is 7. The molecular formula is C63H40N6. The van der Waals surface area contributed by atoms with Crippen LogP contribution < -0.4 is 0 Å². The number of nitrogens with zero attached hydrogens (tertiary/aromatic N) is 6. The van der Waals surface area contributed by atoms with Gasteiger partial charge in [0.15, 0.2) is 17.5 Å². The molecule has 0 bridgehead atoms. The summed E-state index contributed by atoms with van der Waals surface area (Å²) in [6, 6.07) is 86.3. The zero-order valence-electron chi connectivity index (χ0n) is 37.3. The molecule has 0 N–H and O–H groups in total. The number of aromatic nitrogens is 6. The number of fused-ring (bicyclic) bond motifs is 9. The molecule has 6 nitrogen and oxygen atoms in total. The van der Waals surface area contributed by atoms with Crippen LogP contribution in [0.2, 0.25) is 0 Å². The second-order valence-electron chi connectivity index (χ2n) is 17.6. The Hall–Kier alpha value is -9.39. The van der Waals surface area contributed by atoms with E-state index in [1.807, 2.05) is 36.4 Å². The molecule has 0 atom stereocenters. The summed E-state index contributed by atoms with van der Waals surface area (Å²) in [7, 11) is 0. The average molecular weight is 881 g/mol. The van der Waals surface area contributed by atoms with Crippen molar-refractivity contribution < 1.29 is 0 Å². The van der Waals surface area contributed by atoms with Crippen molar-refractivity contribution in [3.63, 3.8) is 0 Å². The van der Waals surface area contributed by atoms with E-state index in [0.29, 0.717) is 17.5 Å². The van der Waals surface area contributed by atoms with Crippen molar-refractivity contribution in [2.45, 2.75) is 0 Å². The number of hydrogen-bond acceptors (Lipinski definition) is 3. The Balaban J connectivity index is 1.05. The molecule has 0 unspecified atom stereocenters. The Kier molecular flexibility index (Phi) is 8.79. The fourth-order valence-corrected chi connectivity index (χ4v) is 10.7. The average Bonchev–Trinajstić information content (AvgIpc) is 4.07. The van der Waals surface area contributed by atoms with E-state index < -0.39 is 0 Å². The number of para-hydroxylation sites is 5. The highest BCUT2D eigenvalue weighted by Gasteiger charge is 2.23. The molecule has 0 aliphatic rings. The van der Waals surface area contributed by atoms with Gasteiger partial charge < -0.3 is 13.7 Å². The maximum Gasteiger partial charge on any atom is 0.166 e. The second kappa shape index (κ2) is 15.6. The topological polar surface area (TPSA) is 53.5 Å². The third kappa shape index (κ3) is 6.16. The van der Waals surface area contributed by atoms with E-state index in [0.717, 1.165) is 77.7 Å². The van der Waals surface area contributed by atoms with Crippen LogP contribution in [0.5, 0.6) is 0 Å². The van der Waals surface area contributed by atoms with E-state index in [9.17, 15) is 0 Å². The fraction of sp³-hybridized carbons (Fsp3) is 0. The van der Waals surface area contributed by atoms with Gasteiger partial charge in [-0.25, -0.2) is 15.0 Å². The summed E-state index contributed by atoms with van der Waals surface area (Å²) in [5, 5.41) is 7.18. The molecule has 0 spiro atoms. The summed E-state index contributed by atoms with van der Waals surface area (Å²) in [5.41, 5.74) is 15.0. The molecule has 69 heavy (non-hydrogen) atoms. The van der Waals surface area contributed by atoms with Gasteiger partial charge in [-0.1, -0.05) is 170 Å². The summed E-state index contributed by atoms with van der Waals surface area (Å²) in [4.78, 5) is 15.9. The van der Waals surface area contributed by atoms with Crippen molar-refractivity contribution in [3.8, 4) is 62.4 Å². The summed E-state index contributed by atoms with van der Waals surface area (Å²) in [5.74, 6) is 1.81. The van der Waals surface area contributed by atoms with Crippen molar-refractivity contribution in [2.24, 2.45) is 0 Å². The van der Waals surface area contributed by atoms with Crippen LogP contribution >= 0.6 is 0 Å². The highest BCUT2D eigenvalue weighted by molar-refractivity contribution is 6.16. The lowest BCUT2D eigenvalue weighted by Crippen LogP contribution is -2.04. The van der Waals surface area contributed by atoms with Gasteiger partial charge in [0.1, 0.15) is 0 Å². The van der Waals surface area contributed by atoms with Crippen LogP contribution in [0.1, 0.15) is 0 Å². The number of benzene rings is 10. The first-order valence-electron chi connectivity index (χ1n) is 23.4. The first-order chi connectivity index (χ1) is 34.2. The fourth-order valence-electron chi connectivity index (χ4n) is 10.7. The summed E-state index contributed by atoms with van der Waals surface area (Å²) >= 11 is 0. The monoisotopic (exact) mass is 880 g/mol. The molecule has 0 aliphatic carbocycles. The van der Waals surface area contributed by atoms with Gasteiger partial charge in [-0.2, -0.15) is 0 Å². The molecule has 0 saturated heterocycles. The lowest BCUT2D eigenvalue weighted by Gasteiger charge is -2.17. The van der Waals surface area contributed by atoms with Crippen LogP contribution in [0.15, 0.2) is 243 Å². The first-order valence-corrected chi connectivity index (χ1v) is 23.4. The molecule has 6 heteroatoms. The van der Waals surface area contributed by atoms with Gasteiger partial charge in [-0.15, -0.1) is 0 Å². The molecule has 14 aromatic rings. The molecule has 0 amide bonds. The largest absolute Gasteiger partial charge is 0.309 e. The third-order valence-electron chi connectivity index (χ3n) is 13.7. The van der Waals surface area contributed by atoms with Crippen molar-refractivity contribution in [3.05, 3.63) is 243 Å². The van der Waals surface area contributed by atoms with Gasteiger partial charge in [0, 0.05) is 60.4 Å². The van der Waals surface area contributed by atoms with Crippen LogP contribution in [0.4, 0.5) is 0 Å². The Morgan fingerprint density at radius 3 is 1.33 bits per heavy atom. The molecule has 0 fully saturated rings. The Morgan fingerprint density at radius 2 is 0.710 bits per heavy atom. The first kappa shape index (κ1) is 38.8. The summed E-state index contributed by atoms with van der Waals surface area (Å²) in [6.45, 7) is 0. The Bertz CT molecular complexity index is 4190. The minimum Gasteiger partial charge on any atom is -0.309 e. The van der Waals surface area contributed by atoms with E-state index in [-0.39, 0.29) is 0 Å². The smallest absolute Gasteiger partial charge is 0.166 e. The molecule has 10 aromatic carbocycles. The molecular weight excluding hydrogens is 841 g/mol. The molecule has 0 radical (unpaired) electrons. The van der Waals surface area contributed by atoms with E-state index >= 15 is 0 Å². The lowest BCUT2D eigenvalue weighted by atomic mass is 9.96. The van der Waals surface area contributed by atoms with E-state index in [2.05, 4.69) is 220 Å². The molecule has 322 valence electrons. The maximum atomic E-state index is 5.38. The highest BCUT2D eigenvalue weighted by atomic mass is 15.1. The van der Waals surface area contributed by atoms with Gasteiger partial charge >= 0.3 is 0 Å². The van der Waals surface area contributed by atoms with Crippen molar-refractivity contribution in [1.82, 2.24) is 28.7 Å². The van der Waals surface area contributed by atoms with Gasteiger partial charge in [-0.3, -0.25) is 0 Å². The van der Waals surface area contributed by atoms with Gasteiger partial charge in [0.25, 0.3) is 0 Å². The standard InChI is InChI=1S/C63H40N6/c1-4-19-41(20-5-1)61-64-62(42-21-6-2-7-22-42)66-63(65-61)52-39-43(46-29-18-34-59-60(46)50-28-13-17-33-56(50)67(59)44-23-8-3-9-24-44)35-37-58(52)69-55-32-16-12-27-49(55)51-40-45(36-38-57(51)69)68-53-30-14-10-25-47(53)48-26-11-15-31-54(48)68/h1-40H. The minimum atomic E-state index is 0.589. The minimum absolute atomic E-state index is 0.589. The predicted octanol–water partition coefficient (Wildman–Crippen LogP) is 15.8. The van der Waals surface area contributed by atoms with Gasteiger partial charge in [-0.05, 0) is 83.9 Å². The van der Waals surface area contributed by atoms with Crippen LogP contribution in [0.3, 0.4) is 0 Å². The van der Waals surface area contributed by atoms with Crippen LogP contribution in [-0.2, 0) is 0 Å². The lowest BCUT2D eigenvalue weighted by molar-refractivity contribution is 1.06. The third-order valence-corrected chi connectivity index (χ3v) is 13.7. The normalized spacial score (nSPS) is 11.8. The summed E-state index contributed by atoms with van der Waals surface area (Å²) < 4.78 is 7.17. The van der Waals surface area contributed by atoms with E-state index in [1.54, 1.807) is 0 Å². The van der Waals surface area contributed by atoms with E-state index in [1.165, 1.54) is 32.6 Å². The quantitative estimate of drug-likeness (QED) is 0.160. The van der Waals surface area contributed by atoms with Crippen molar-refractivity contribution in [2.75, 3.05) is 0 Å². The van der Waals surface area contributed by atoms with Gasteiger partial charge in [0.05, 0.1) is 38.8 Å². The predicted molar refractivity (Wildman–Crippen MR) is 285 cm³/mol. The molecule has 14 rings (SSSR count). The van der Waals surface area contributed by atoms with Gasteiger partial charge in [0.2, 0.25) is 0 Å². The summed E-state index contributed by atoms with van der Waals surface area (Å²) in [6.07, 6.45) is 0. The maximum absolute atomic E-state index is 5.38. The molecule has 0 aliphatic heterocycles. The van der Waals surface area contributed by atoms with Crippen molar-refractivity contribution in [1.29, 1.82) is 0 Å². The second-order valence-corrected chi connectivity index (χ2v) is 17.6. The molecule has 4 heterocycles. The van der Waals surface area contributed by atoms with Crippen molar-refractivity contribution >= 4 is 65.4 Å². The van der Waals surface area contributed by atoms with Crippen LogP contribution in [0.25, 0.3) is 128 Å². The Labute approximate surface area is 397 Å². The highest BCUT2D eigenvalue weighted by Crippen LogP contribution is 2.43. The van der Waals surface area contributed by atoms with Crippen LogP contribution in [-0.4, -0.2) is 28.7 Å². The Morgan fingerprint density at radius 1 is 0.246 bits per heavy atom. The zero-order chi connectivity index (χ0) is 45.4. The zero-order valence-corrected chi connectivity index (χ0v) is 37.3.